The van der Waals surface area contributed by atoms with Gasteiger partial charge in [-0.3, -0.25) is 0 Å². The van der Waals surface area contributed by atoms with Crippen molar-refractivity contribution in [3.05, 3.63) is 35.2 Å². The van der Waals surface area contributed by atoms with Crippen molar-refractivity contribution in [3.8, 4) is 0 Å². The van der Waals surface area contributed by atoms with Crippen molar-refractivity contribution in [1.29, 1.82) is 0 Å². The average Bonchev–Trinajstić information content (AvgIpc) is 2.45. The van der Waals surface area contributed by atoms with Gasteiger partial charge in [-0.2, -0.15) is 13.2 Å². The number of rotatable bonds is 0. The van der Waals surface area contributed by atoms with Crippen LogP contribution in [0.3, 0.4) is 0 Å². The van der Waals surface area contributed by atoms with Crippen LogP contribution in [0.4, 0.5) is 13.2 Å². The molecule has 0 aliphatic heterocycles. The molecular formula is C9H5F3S. The largest absolute Gasteiger partial charge is 0.417 e. The smallest absolute Gasteiger partial charge is 0.166 e. The van der Waals surface area contributed by atoms with Gasteiger partial charge in [-0.25, -0.2) is 0 Å². The molecule has 0 fully saturated rings. The highest BCUT2D eigenvalue weighted by atomic mass is 32.1. The van der Waals surface area contributed by atoms with Crippen molar-refractivity contribution in [1.82, 2.24) is 0 Å². The first-order valence-corrected chi connectivity index (χ1v) is 4.50. The van der Waals surface area contributed by atoms with Gasteiger partial charge in [-0.05, 0) is 6.07 Å². The van der Waals surface area contributed by atoms with E-state index in [2.05, 4.69) is 0 Å². The quantitative estimate of drug-likeness (QED) is 0.607. The second-order valence-electron chi connectivity index (χ2n) is 2.64. The molecule has 1 aromatic heterocycles. The zero-order chi connectivity index (χ0) is 9.47. The second kappa shape index (κ2) is 2.73. The van der Waals surface area contributed by atoms with E-state index in [-0.39, 0.29) is 0 Å². The fourth-order valence-corrected chi connectivity index (χ4v) is 2.16. The monoisotopic (exact) mass is 202 g/mol. The van der Waals surface area contributed by atoms with Crippen molar-refractivity contribution in [2.75, 3.05) is 0 Å². The number of thiophene rings is 1. The first-order chi connectivity index (χ1) is 6.09. The number of fused-ring (bicyclic) bond motifs is 1. The average molecular weight is 202 g/mol. The van der Waals surface area contributed by atoms with Gasteiger partial charge in [0, 0.05) is 15.5 Å². The number of hydrogen-bond donors (Lipinski definition) is 0. The molecule has 0 spiro atoms. The van der Waals surface area contributed by atoms with Gasteiger partial charge < -0.3 is 0 Å². The number of benzene rings is 1. The van der Waals surface area contributed by atoms with Crippen molar-refractivity contribution >= 4 is 21.4 Å². The molecule has 0 unspecified atom stereocenters. The highest BCUT2D eigenvalue weighted by Crippen LogP contribution is 2.37. The zero-order valence-electron chi connectivity index (χ0n) is 6.43. The minimum atomic E-state index is -4.24. The summed E-state index contributed by atoms with van der Waals surface area (Å²) < 4.78 is 37.7. The maximum absolute atomic E-state index is 12.4. The van der Waals surface area contributed by atoms with Crippen LogP contribution in [-0.4, -0.2) is 0 Å². The van der Waals surface area contributed by atoms with E-state index in [9.17, 15) is 13.2 Å². The van der Waals surface area contributed by atoms with Crippen LogP contribution >= 0.6 is 11.3 Å². The molecule has 2 aromatic rings. The number of halogens is 3. The third-order valence-corrected chi connectivity index (χ3v) is 2.75. The maximum Gasteiger partial charge on any atom is 0.417 e. The lowest BCUT2D eigenvalue weighted by molar-refractivity contribution is -0.136. The topological polar surface area (TPSA) is 0 Å². The third kappa shape index (κ3) is 1.42. The van der Waals surface area contributed by atoms with Gasteiger partial charge in [-0.1, -0.05) is 18.2 Å². The second-order valence-corrected chi connectivity index (χ2v) is 3.55. The molecule has 0 N–H and O–H groups in total. The molecule has 0 amide bonds. The highest BCUT2D eigenvalue weighted by molar-refractivity contribution is 7.17. The maximum atomic E-state index is 12.4. The van der Waals surface area contributed by atoms with Crippen LogP contribution in [-0.2, 0) is 6.18 Å². The van der Waals surface area contributed by atoms with Gasteiger partial charge in [0.15, 0.2) is 0 Å². The molecule has 68 valence electrons. The Bertz CT molecular complexity index is 428. The van der Waals surface area contributed by atoms with E-state index in [1.807, 2.05) is 0 Å². The molecule has 4 heteroatoms. The first-order valence-electron chi connectivity index (χ1n) is 3.62. The van der Waals surface area contributed by atoms with E-state index in [0.717, 1.165) is 16.7 Å². The van der Waals surface area contributed by atoms with Crippen LogP contribution in [0.15, 0.2) is 29.6 Å². The van der Waals surface area contributed by atoms with E-state index in [0.29, 0.717) is 10.1 Å². The molecule has 0 nitrogen and oxygen atoms in total. The molecular weight excluding hydrogens is 197 g/mol. The molecule has 0 radical (unpaired) electrons. The number of hydrogen-bond acceptors (Lipinski definition) is 1. The Morgan fingerprint density at radius 2 is 1.77 bits per heavy atom. The van der Waals surface area contributed by atoms with Gasteiger partial charge >= 0.3 is 6.18 Å². The zero-order valence-corrected chi connectivity index (χ0v) is 7.25. The third-order valence-electron chi connectivity index (χ3n) is 1.79. The summed E-state index contributed by atoms with van der Waals surface area (Å²) in [7, 11) is 0. The van der Waals surface area contributed by atoms with Crippen LogP contribution in [0.2, 0.25) is 0 Å². The van der Waals surface area contributed by atoms with Gasteiger partial charge in [0.1, 0.15) is 0 Å². The Balaban J connectivity index is 2.72. The summed E-state index contributed by atoms with van der Waals surface area (Å²) in [5.41, 5.74) is -0.534. The van der Waals surface area contributed by atoms with Crippen molar-refractivity contribution < 1.29 is 13.2 Å². The summed E-state index contributed by atoms with van der Waals surface area (Å²) in [4.78, 5) is 0. The molecule has 13 heavy (non-hydrogen) atoms. The Morgan fingerprint density at radius 1 is 1.08 bits per heavy atom. The lowest BCUT2D eigenvalue weighted by Gasteiger charge is -2.03. The van der Waals surface area contributed by atoms with Crippen LogP contribution in [0.1, 0.15) is 5.56 Å². The molecule has 0 bridgehead atoms. The highest BCUT2D eigenvalue weighted by Gasteiger charge is 2.33. The van der Waals surface area contributed by atoms with Crippen molar-refractivity contribution in [2.24, 2.45) is 0 Å². The summed E-state index contributed by atoms with van der Waals surface area (Å²) in [5, 5.41) is 1.45. The Morgan fingerprint density at radius 3 is 2.46 bits per heavy atom. The fourth-order valence-electron chi connectivity index (χ4n) is 1.20. The molecule has 2 rings (SSSR count). The molecule has 0 aliphatic rings. The summed E-state index contributed by atoms with van der Waals surface area (Å²) in [5.74, 6) is 0. The summed E-state index contributed by atoms with van der Waals surface area (Å²) >= 11 is 1.12. The molecule has 0 aliphatic carbocycles. The van der Waals surface area contributed by atoms with E-state index >= 15 is 0 Å². The van der Waals surface area contributed by atoms with E-state index in [1.54, 1.807) is 18.2 Å². The van der Waals surface area contributed by atoms with Crippen LogP contribution < -0.4 is 0 Å². The van der Waals surface area contributed by atoms with Crippen LogP contribution in [0, 0.1) is 0 Å². The summed E-state index contributed by atoms with van der Waals surface area (Å²) in [6, 6.07) is 6.53. The van der Waals surface area contributed by atoms with Gasteiger partial charge in [0.25, 0.3) is 0 Å². The van der Waals surface area contributed by atoms with Gasteiger partial charge in [0.2, 0.25) is 0 Å². The van der Waals surface area contributed by atoms with Crippen molar-refractivity contribution in [2.45, 2.75) is 6.18 Å². The minimum absolute atomic E-state index is 0.292. The van der Waals surface area contributed by atoms with E-state index in [4.69, 9.17) is 0 Å². The molecule has 0 saturated heterocycles. The standard InChI is InChI=1S/C9H5F3S/c10-9(11,12)7-5-13-8-4-2-1-3-6(7)8/h1-5H. The van der Waals surface area contributed by atoms with E-state index < -0.39 is 11.7 Å². The van der Waals surface area contributed by atoms with Crippen molar-refractivity contribution in [3.63, 3.8) is 0 Å². The predicted molar refractivity (Wildman–Crippen MR) is 46.8 cm³/mol. The Kier molecular flexibility index (Phi) is 1.80. The fraction of sp³-hybridized carbons (Fsp3) is 0.111. The Hall–Kier alpha value is -1.03. The van der Waals surface area contributed by atoms with E-state index in [1.165, 1.54) is 6.07 Å². The van der Waals surface area contributed by atoms with Crippen LogP contribution in [0.5, 0.6) is 0 Å². The molecule has 0 atom stereocenters. The lowest BCUT2D eigenvalue weighted by Crippen LogP contribution is -2.02. The summed E-state index contributed by atoms with van der Waals surface area (Å²) in [6.45, 7) is 0. The minimum Gasteiger partial charge on any atom is -0.166 e. The predicted octanol–water partition coefficient (Wildman–Crippen LogP) is 3.92. The van der Waals surface area contributed by atoms with Gasteiger partial charge in [-0.15, -0.1) is 11.3 Å². The lowest BCUT2D eigenvalue weighted by atomic mass is 10.2. The first kappa shape index (κ1) is 8.56. The molecule has 0 saturated carbocycles. The SMILES string of the molecule is FC(F)(F)c1csc2ccccc12. The summed E-state index contributed by atoms with van der Waals surface area (Å²) in [6.07, 6.45) is -4.24. The molecule has 1 aromatic carbocycles. The van der Waals surface area contributed by atoms with Crippen LogP contribution in [0.25, 0.3) is 10.1 Å². The number of alkyl halides is 3. The Labute approximate surface area is 76.6 Å². The van der Waals surface area contributed by atoms with Gasteiger partial charge in [0.05, 0.1) is 5.56 Å². The normalized spacial score (nSPS) is 12.2. The molecule has 1 heterocycles.